The number of aliphatic imine (C=N–C) groups is 1. The number of benzene rings is 2. The Morgan fingerprint density at radius 3 is 2.12 bits per heavy atom. The summed E-state index contributed by atoms with van der Waals surface area (Å²) in [6.07, 6.45) is 3.00. The second kappa shape index (κ2) is 14.5. The first-order chi connectivity index (χ1) is 14.9. The molecule has 0 aliphatic heterocycles. The summed E-state index contributed by atoms with van der Waals surface area (Å²) in [6.45, 7) is 7.93. The molecule has 32 heavy (non-hydrogen) atoms. The summed E-state index contributed by atoms with van der Waals surface area (Å²) >= 11 is 0. The van der Waals surface area contributed by atoms with Crippen LogP contribution in [-0.4, -0.2) is 64.8 Å². The molecule has 8 heteroatoms. The Balaban J connectivity index is 0.00000512. The van der Waals surface area contributed by atoms with Crippen LogP contribution in [0.25, 0.3) is 0 Å². The van der Waals surface area contributed by atoms with Crippen LogP contribution in [0.1, 0.15) is 25.0 Å². The Labute approximate surface area is 210 Å². The topological polar surface area (TPSA) is 73.8 Å². The van der Waals surface area contributed by atoms with Crippen molar-refractivity contribution in [2.24, 2.45) is 4.99 Å². The average Bonchev–Trinajstić information content (AvgIpc) is 2.77. The summed E-state index contributed by atoms with van der Waals surface area (Å²) in [7, 11) is -1.38. The number of nitrogens with zero attached hydrogens (tertiary/aromatic N) is 2. The van der Waals surface area contributed by atoms with Crippen molar-refractivity contribution in [3.63, 3.8) is 0 Å². The molecule has 0 heterocycles. The summed E-state index contributed by atoms with van der Waals surface area (Å²) in [4.78, 5) is 7.17. The molecule has 2 aromatic rings. The van der Waals surface area contributed by atoms with Gasteiger partial charge in [-0.25, -0.2) is 8.42 Å². The number of halogens is 1. The number of hydrogen-bond acceptors (Lipinski definition) is 4. The van der Waals surface area contributed by atoms with E-state index in [2.05, 4.69) is 64.7 Å². The quantitative estimate of drug-likeness (QED) is 0.246. The van der Waals surface area contributed by atoms with E-state index < -0.39 is 9.84 Å². The van der Waals surface area contributed by atoms with E-state index in [-0.39, 0.29) is 24.0 Å². The molecule has 0 aromatic heterocycles. The van der Waals surface area contributed by atoms with E-state index in [1.807, 2.05) is 12.1 Å². The number of hydrogen-bond donors (Lipinski definition) is 2. The monoisotopic (exact) mass is 572 g/mol. The van der Waals surface area contributed by atoms with Gasteiger partial charge in [0.2, 0.25) is 0 Å². The molecule has 0 amide bonds. The minimum atomic E-state index is -3.16. The van der Waals surface area contributed by atoms with Crippen molar-refractivity contribution < 1.29 is 8.42 Å². The van der Waals surface area contributed by atoms with Crippen LogP contribution < -0.4 is 10.6 Å². The third-order valence-corrected chi connectivity index (χ3v) is 6.56. The van der Waals surface area contributed by atoms with Crippen molar-refractivity contribution in [3.8, 4) is 0 Å². The highest BCUT2D eigenvalue weighted by Crippen LogP contribution is 2.11. The molecule has 1 unspecified atom stereocenters. The van der Waals surface area contributed by atoms with E-state index in [0.717, 1.165) is 44.0 Å². The number of guanidine groups is 1. The fraction of sp³-hybridized carbons (Fsp3) is 0.458. The standard InChI is InChI=1S/C24H36N4O2S.HI/c1-5-28(6-2)22(18-21-10-8-7-9-11-21)19-27-24(25-3)26-17-16-20-12-14-23(15-13-20)31(4,29)30;/h7-15,22H,5-6,16-19H2,1-4H3,(H2,25,26,27);1H. The van der Waals surface area contributed by atoms with Gasteiger partial charge >= 0.3 is 0 Å². The molecule has 0 bridgehead atoms. The molecule has 178 valence electrons. The van der Waals surface area contributed by atoms with Gasteiger partial charge in [-0.05, 0) is 49.2 Å². The number of nitrogens with one attached hydrogen (secondary N) is 2. The van der Waals surface area contributed by atoms with Crippen LogP contribution >= 0.6 is 24.0 Å². The van der Waals surface area contributed by atoms with Crippen LogP contribution in [0.5, 0.6) is 0 Å². The Morgan fingerprint density at radius 1 is 0.969 bits per heavy atom. The van der Waals surface area contributed by atoms with Crippen LogP contribution in [0.15, 0.2) is 64.5 Å². The zero-order valence-corrected chi connectivity index (χ0v) is 22.7. The maximum Gasteiger partial charge on any atom is 0.191 e. The number of likely N-dealkylation sites (N-methyl/N-ethyl adjacent to an activating group) is 1. The van der Waals surface area contributed by atoms with Crippen molar-refractivity contribution in [1.29, 1.82) is 0 Å². The molecule has 2 aromatic carbocycles. The normalized spacial score (nSPS) is 12.8. The van der Waals surface area contributed by atoms with Gasteiger partial charge < -0.3 is 10.6 Å². The van der Waals surface area contributed by atoms with Crippen molar-refractivity contribution in [2.75, 3.05) is 39.5 Å². The van der Waals surface area contributed by atoms with Crippen LogP contribution in [-0.2, 0) is 22.7 Å². The highest BCUT2D eigenvalue weighted by molar-refractivity contribution is 14.0. The molecule has 6 nitrogen and oxygen atoms in total. The Morgan fingerprint density at radius 2 is 1.59 bits per heavy atom. The third-order valence-electron chi connectivity index (χ3n) is 5.43. The molecule has 2 rings (SSSR count). The molecule has 2 N–H and O–H groups in total. The molecular weight excluding hydrogens is 535 g/mol. The smallest absolute Gasteiger partial charge is 0.191 e. The summed E-state index contributed by atoms with van der Waals surface area (Å²) in [5.74, 6) is 0.776. The van der Waals surface area contributed by atoms with Crippen molar-refractivity contribution >= 4 is 39.8 Å². The van der Waals surface area contributed by atoms with Gasteiger partial charge in [-0.1, -0.05) is 56.3 Å². The predicted octanol–water partition coefficient (Wildman–Crippen LogP) is 3.37. The molecule has 1 atom stereocenters. The molecule has 0 saturated heterocycles. The van der Waals surface area contributed by atoms with Gasteiger partial charge in [0.1, 0.15) is 0 Å². The lowest BCUT2D eigenvalue weighted by Crippen LogP contribution is -2.48. The fourth-order valence-electron chi connectivity index (χ4n) is 3.62. The Hall–Kier alpha value is -1.65. The second-order valence-corrected chi connectivity index (χ2v) is 9.63. The minimum Gasteiger partial charge on any atom is -0.356 e. The first kappa shape index (κ1) is 28.4. The summed E-state index contributed by atoms with van der Waals surface area (Å²) in [5, 5.41) is 6.83. The highest BCUT2D eigenvalue weighted by Gasteiger charge is 2.17. The number of rotatable bonds is 11. The predicted molar refractivity (Wildman–Crippen MR) is 145 cm³/mol. The van der Waals surface area contributed by atoms with E-state index in [0.29, 0.717) is 17.5 Å². The van der Waals surface area contributed by atoms with Crippen LogP contribution in [0, 0.1) is 0 Å². The lowest BCUT2D eigenvalue weighted by atomic mass is 10.0. The second-order valence-electron chi connectivity index (χ2n) is 7.61. The molecule has 0 saturated carbocycles. The van der Waals surface area contributed by atoms with Gasteiger partial charge in [-0.2, -0.15) is 0 Å². The first-order valence-corrected chi connectivity index (χ1v) is 12.8. The van der Waals surface area contributed by atoms with Crippen LogP contribution in [0.2, 0.25) is 0 Å². The van der Waals surface area contributed by atoms with Crippen molar-refractivity contribution in [3.05, 3.63) is 65.7 Å². The van der Waals surface area contributed by atoms with Gasteiger partial charge in [-0.3, -0.25) is 9.89 Å². The molecule has 0 aliphatic carbocycles. The largest absolute Gasteiger partial charge is 0.356 e. The summed E-state index contributed by atoms with van der Waals surface area (Å²) in [5.41, 5.74) is 2.42. The molecule has 0 spiro atoms. The highest BCUT2D eigenvalue weighted by atomic mass is 127. The zero-order valence-electron chi connectivity index (χ0n) is 19.5. The van der Waals surface area contributed by atoms with E-state index in [1.54, 1.807) is 19.2 Å². The van der Waals surface area contributed by atoms with Crippen molar-refractivity contribution in [1.82, 2.24) is 15.5 Å². The van der Waals surface area contributed by atoms with Crippen LogP contribution in [0.4, 0.5) is 0 Å². The van der Waals surface area contributed by atoms with E-state index in [4.69, 9.17) is 0 Å². The number of sulfone groups is 1. The van der Waals surface area contributed by atoms with Gasteiger partial charge in [0.15, 0.2) is 15.8 Å². The molecule has 0 fully saturated rings. The van der Waals surface area contributed by atoms with Crippen LogP contribution in [0.3, 0.4) is 0 Å². The van der Waals surface area contributed by atoms with E-state index in [1.165, 1.54) is 11.8 Å². The third kappa shape index (κ3) is 9.46. The Kier molecular flexibility index (Phi) is 12.9. The van der Waals surface area contributed by atoms with Gasteiger partial charge in [0, 0.05) is 32.4 Å². The molecule has 0 radical (unpaired) electrons. The maximum absolute atomic E-state index is 11.6. The maximum atomic E-state index is 11.6. The van der Waals surface area contributed by atoms with Gasteiger partial charge in [-0.15, -0.1) is 24.0 Å². The summed E-state index contributed by atoms with van der Waals surface area (Å²) in [6, 6.07) is 18.0. The zero-order chi connectivity index (χ0) is 22.7. The molecular formula is C24H37IN4O2S. The minimum absolute atomic E-state index is 0. The lowest BCUT2D eigenvalue weighted by molar-refractivity contribution is 0.215. The lowest BCUT2D eigenvalue weighted by Gasteiger charge is -2.30. The van der Waals surface area contributed by atoms with Gasteiger partial charge in [0.05, 0.1) is 4.90 Å². The van der Waals surface area contributed by atoms with E-state index in [9.17, 15) is 8.42 Å². The molecule has 0 aliphatic rings. The van der Waals surface area contributed by atoms with Crippen molar-refractivity contribution in [2.45, 2.75) is 37.6 Å². The first-order valence-electron chi connectivity index (χ1n) is 10.9. The Bertz CT molecular complexity index is 915. The fourth-order valence-corrected chi connectivity index (χ4v) is 4.25. The van der Waals surface area contributed by atoms with Gasteiger partial charge in [0.25, 0.3) is 0 Å². The SMILES string of the molecule is CCN(CC)C(CNC(=NC)NCCc1ccc(S(C)(=O)=O)cc1)Cc1ccccc1.I. The average molecular weight is 573 g/mol. The summed E-state index contributed by atoms with van der Waals surface area (Å²) < 4.78 is 23.2. The van der Waals surface area contributed by atoms with E-state index >= 15 is 0 Å².